The fourth-order valence-corrected chi connectivity index (χ4v) is 3.88. The Labute approximate surface area is 173 Å². The summed E-state index contributed by atoms with van der Waals surface area (Å²) in [6.07, 6.45) is 1.37. The lowest BCUT2D eigenvalue weighted by atomic mass is 9.73. The minimum Gasteiger partial charge on any atom is -0.492 e. The molecule has 1 heterocycles. The van der Waals surface area contributed by atoms with Gasteiger partial charge in [0.2, 0.25) is 5.91 Å². The first-order valence-electron chi connectivity index (χ1n) is 8.99. The molecular weight excluding hydrogens is 430 g/mol. The summed E-state index contributed by atoms with van der Waals surface area (Å²) in [5.74, 6) is 0.819. The van der Waals surface area contributed by atoms with Crippen molar-refractivity contribution < 1.29 is 14.3 Å². The van der Waals surface area contributed by atoms with Crippen LogP contribution in [0.5, 0.6) is 5.75 Å². The predicted octanol–water partition coefficient (Wildman–Crippen LogP) is 4.69. The van der Waals surface area contributed by atoms with Gasteiger partial charge in [0.25, 0.3) is 0 Å². The molecule has 0 atom stereocenters. The van der Waals surface area contributed by atoms with E-state index in [1.807, 2.05) is 43.4 Å². The maximum Gasteiger partial charge on any atom is 0.233 e. The number of rotatable bonds is 6. The lowest BCUT2D eigenvalue weighted by Crippen LogP contribution is -2.49. The molecule has 1 amide bonds. The van der Waals surface area contributed by atoms with Crippen molar-refractivity contribution in [3.63, 3.8) is 0 Å². The molecule has 1 aliphatic heterocycles. The van der Waals surface area contributed by atoms with Crippen LogP contribution in [0.3, 0.4) is 0 Å². The minimum atomic E-state index is -0.538. The highest BCUT2D eigenvalue weighted by Gasteiger charge is 2.43. The number of benzene rings is 2. The van der Waals surface area contributed by atoms with Gasteiger partial charge in [0, 0.05) is 29.8 Å². The fourth-order valence-electron chi connectivity index (χ4n) is 3.44. The van der Waals surface area contributed by atoms with Crippen molar-refractivity contribution in [3.05, 3.63) is 63.6 Å². The van der Waals surface area contributed by atoms with Gasteiger partial charge >= 0.3 is 0 Å². The average molecular weight is 453 g/mol. The predicted molar refractivity (Wildman–Crippen MR) is 110 cm³/mol. The van der Waals surface area contributed by atoms with E-state index in [9.17, 15) is 4.79 Å². The van der Waals surface area contributed by atoms with Crippen LogP contribution in [-0.2, 0) is 14.9 Å². The molecule has 4 nitrogen and oxygen atoms in total. The van der Waals surface area contributed by atoms with E-state index < -0.39 is 5.41 Å². The van der Waals surface area contributed by atoms with Gasteiger partial charge in [-0.3, -0.25) is 4.79 Å². The third-order valence-corrected chi connectivity index (χ3v) is 5.75. The van der Waals surface area contributed by atoms with Gasteiger partial charge < -0.3 is 14.4 Å². The van der Waals surface area contributed by atoms with Crippen LogP contribution in [0.25, 0.3) is 0 Å². The van der Waals surface area contributed by atoms with E-state index in [1.54, 1.807) is 17.0 Å². The number of carbonyl (C=O) groups is 1. The zero-order valence-corrected chi connectivity index (χ0v) is 17.6. The molecule has 6 heteroatoms. The van der Waals surface area contributed by atoms with E-state index in [0.29, 0.717) is 50.0 Å². The van der Waals surface area contributed by atoms with Crippen molar-refractivity contribution in [1.29, 1.82) is 0 Å². The van der Waals surface area contributed by atoms with Gasteiger partial charge in [-0.25, -0.2) is 0 Å². The van der Waals surface area contributed by atoms with Crippen LogP contribution >= 0.6 is 27.5 Å². The van der Waals surface area contributed by atoms with Crippen molar-refractivity contribution in [2.24, 2.45) is 0 Å². The summed E-state index contributed by atoms with van der Waals surface area (Å²) >= 11 is 9.44. The SMILES string of the molecule is CN(CCOc1cccc(Cl)c1)C(=O)C1(c2ccc(Br)cc2)CCOCC1. The highest BCUT2D eigenvalue weighted by Crippen LogP contribution is 2.37. The number of carbonyl (C=O) groups excluding carboxylic acids is 1. The highest BCUT2D eigenvalue weighted by molar-refractivity contribution is 9.10. The number of hydrogen-bond acceptors (Lipinski definition) is 3. The molecule has 0 unspecified atom stereocenters. The van der Waals surface area contributed by atoms with Crippen LogP contribution in [0.2, 0.25) is 5.02 Å². The highest BCUT2D eigenvalue weighted by atomic mass is 79.9. The van der Waals surface area contributed by atoms with Gasteiger partial charge in [0.05, 0.1) is 12.0 Å². The van der Waals surface area contributed by atoms with Crippen molar-refractivity contribution in [1.82, 2.24) is 4.90 Å². The smallest absolute Gasteiger partial charge is 0.233 e. The Kier molecular flexibility index (Phi) is 6.79. The van der Waals surface area contributed by atoms with Crippen molar-refractivity contribution in [2.45, 2.75) is 18.3 Å². The molecule has 0 bridgehead atoms. The van der Waals surface area contributed by atoms with E-state index in [-0.39, 0.29) is 5.91 Å². The molecule has 0 spiro atoms. The summed E-state index contributed by atoms with van der Waals surface area (Å²) < 4.78 is 12.3. The first kappa shape index (κ1) is 20.2. The van der Waals surface area contributed by atoms with Gasteiger partial charge in [-0.1, -0.05) is 45.7 Å². The maximum atomic E-state index is 13.4. The third kappa shape index (κ3) is 4.84. The molecule has 0 aliphatic carbocycles. The van der Waals surface area contributed by atoms with E-state index in [4.69, 9.17) is 21.1 Å². The normalized spacial score (nSPS) is 16.0. The van der Waals surface area contributed by atoms with E-state index >= 15 is 0 Å². The zero-order chi connectivity index (χ0) is 19.3. The average Bonchev–Trinajstić information content (AvgIpc) is 2.68. The number of ether oxygens (including phenoxy) is 2. The Balaban J connectivity index is 1.69. The Hall–Kier alpha value is -1.56. The van der Waals surface area contributed by atoms with Gasteiger partial charge in [0.1, 0.15) is 12.4 Å². The summed E-state index contributed by atoms with van der Waals surface area (Å²) in [7, 11) is 1.83. The Morgan fingerprint density at radius 3 is 2.59 bits per heavy atom. The molecule has 2 aromatic carbocycles. The number of amides is 1. The quantitative estimate of drug-likeness (QED) is 0.638. The Bertz CT molecular complexity index is 775. The maximum absolute atomic E-state index is 13.4. The number of hydrogen-bond donors (Lipinski definition) is 0. The second-order valence-corrected chi connectivity index (χ2v) is 8.09. The molecule has 1 fully saturated rings. The van der Waals surface area contributed by atoms with Crippen LogP contribution in [0.4, 0.5) is 0 Å². The van der Waals surface area contributed by atoms with Gasteiger partial charge in [-0.15, -0.1) is 0 Å². The molecule has 2 aromatic rings. The first-order chi connectivity index (χ1) is 13.0. The third-order valence-electron chi connectivity index (χ3n) is 4.99. The summed E-state index contributed by atoms with van der Waals surface area (Å²) in [5, 5.41) is 0.633. The molecular formula is C21H23BrClNO3. The number of nitrogens with zero attached hydrogens (tertiary/aromatic N) is 1. The summed E-state index contributed by atoms with van der Waals surface area (Å²) in [6.45, 7) is 2.10. The second kappa shape index (κ2) is 9.09. The molecule has 1 saturated heterocycles. The van der Waals surface area contributed by atoms with E-state index in [2.05, 4.69) is 15.9 Å². The number of likely N-dealkylation sites (N-methyl/N-ethyl adjacent to an activating group) is 1. The lowest BCUT2D eigenvalue weighted by Gasteiger charge is -2.39. The van der Waals surface area contributed by atoms with Crippen LogP contribution in [0.15, 0.2) is 53.0 Å². The van der Waals surface area contributed by atoms with Gasteiger partial charge in [-0.2, -0.15) is 0 Å². The Morgan fingerprint density at radius 2 is 1.93 bits per heavy atom. The molecule has 0 N–H and O–H groups in total. The molecule has 0 saturated carbocycles. The monoisotopic (exact) mass is 451 g/mol. The molecule has 1 aliphatic rings. The van der Waals surface area contributed by atoms with E-state index in [1.165, 1.54) is 0 Å². The molecule has 0 radical (unpaired) electrons. The van der Waals surface area contributed by atoms with Crippen LogP contribution in [-0.4, -0.2) is 44.2 Å². The standard InChI is InChI=1S/C21H23BrClNO3/c1-24(11-14-27-19-4-2-3-18(23)15-19)20(25)21(9-12-26-13-10-21)16-5-7-17(22)8-6-16/h2-8,15H,9-14H2,1H3. The minimum absolute atomic E-state index is 0.114. The Morgan fingerprint density at radius 1 is 1.22 bits per heavy atom. The molecule has 144 valence electrons. The number of halogens is 2. The summed E-state index contributed by atoms with van der Waals surface area (Å²) in [6, 6.07) is 15.3. The van der Waals surface area contributed by atoms with E-state index in [0.717, 1.165) is 10.0 Å². The molecule has 0 aromatic heterocycles. The zero-order valence-electron chi connectivity index (χ0n) is 15.3. The molecule has 27 heavy (non-hydrogen) atoms. The first-order valence-corrected chi connectivity index (χ1v) is 10.2. The lowest BCUT2D eigenvalue weighted by molar-refractivity contribution is -0.140. The van der Waals surface area contributed by atoms with Crippen LogP contribution in [0.1, 0.15) is 18.4 Å². The summed E-state index contributed by atoms with van der Waals surface area (Å²) in [5.41, 5.74) is 0.505. The van der Waals surface area contributed by atoms with Crippen molar-refractivity contribution >= 4 is 33.4 Å². The van der Waals surface area contributed by atoms with Gasteiger partial charge in [-0.05, 0) is 48.7 Å². The van der Waals surface area contributed by atoms with Crippen LogP contribution in [0, 0.1) is 0 Å². The largest absolute Gasteiger partial charge is 0.492 e. The summed E-state index contributed by atoms with van der Waals surface area (Å²) in [4.78, 5) is 15.1. The van der Waals surface area contributed by atoms with Crippen LogP contribution < -0.4 is 4.74 Å². The fraction of sp³-hybridized carbons (Fsp3) is 0.381. The molecule has 3 rings (SSSR count). The van der Waals surface area contributed by atoms with Gasteiger partial charge in [0.15, 0.2) is 0 Å². The topological polar surface area (TPSA) is 38.8 Å². The van der Waals surface area contributed by atoms with Crippen molar-refractivity contribution in [2.75, 3.05) is 33.4 Å². The second-order valence-electron chi connectivity index (χ2n) is 6.73. The van der Waals surface area contributed by atoms with Crippen molar-refractivity contribution in [3.8, 4) is 5.75 Å².